The molecule has 0 radical (unpaired) electrons. The minimum atomic E-state index is -0.708. The fraction of sp³-hybridized carbons (Fsp3) is 0.294. The smallest absolute Gasteiger partial charge is 0.161 e. The molecule has 2 aromatic carbocycles. The molecule has 4 N–H and O–H groups in total. The molecule has 0 spiro atoms. The third kappa shape index (κ3) is 4.28. The number of aromatic hydroxyl groups is 2. The number of hydrogen-bond acceptors (Lipinski definition) is 6. The van der Waals surface area contributed by atoms with Gasteiger partial charge >= 0.3 is 0 Å². The Bertz CT molecular complexity index is 659. The van der Waals surface area contributed by atoms with Gasteiger partial charge in [-0.15, -0.1) is 0 Å². The minimum Gasteiger partial charge on any atom is -0.504 e. The summed E-state index contributed by atoms with van der Waals surface area (Å²) in [4.78, 5) is 0. The van der Waals surface area contributed by atoms with Crippen LogP contribution in [0.2, 0.25) is 0 Å². The van der Waals surface area contributed by atoms with E-state index in [1.165, 1.54) is 12.1 Å². The van der Waals surface area contributed by atoms with E-state index in [-0.39, 0.29) is 11.5 Å². The first-order valence-electron chi connectivity index (χ1n) is 7.16. The summed E-state index contributed by atoms with van der Waals surface area (Å²) < 4.78 is 10.4. The Morgan fingerprint density at radius 3 is 2.35 bits per heavy atom. The number of benzene rings is 2. The maximum Gasteiger partial charge on any atom is 0.161 e. The summed E-state index contributed by atoms with van der Waals surface area (Å²) in [6.07, 6.45) is -0.708. The van der Waals surface area contributed by atoms with Crippen LogP contribution in [0.3, 0.4) is 0 Å². The Kier molecular flexibility index (Phi) is 5.67. The van der Waals surface area contributed by atoms with E-state index in [4.69, 9.17) is 9.47 Å². The summed E-state index contributed by atoms with van der Waals surface area (Å²) in [5, 5.41) is 32.0. The molecule has 2 rings (SSSR count). The molecular weight excluding hydrogens is 298 g/mol. The van der Waals surface area contributed by atoms with Gasteiger partial charge in [0.25, 0.3) is 0 Å². The van der Waals surface area contributed by atoms with Gasteiger partial charge in [-0.2, -0.15) is 0 Å². The van der Waals surface area contributed by atoms with Crippen molar-refractivity contribution in [3.63, 3.8) is 0 Å². The van der Waals surface area contributed by atoms with E-state index in [1.54, 1.807) is 38.5 Å². The van der Waals surface area contributed by atoms with Crippen LogP contribution < -0.4 is 14.8 Å². The molecule has 1 unspecified atom stereocenters. The number of rotatable bonds is 7. The lowest BCUT2D eigenvalue weighted by molar-refractivity contribution is 0.174. The van der Waals surface area contributed by atoms with E-state index < -0.39 is 6.10 Å². The number of phenolic OH excluding ortho intramolecular Hbond substituents is 2. The zero-order valence-electron chi connectivity index (χ0n) is 13.1. The van der Waals surface area contributed by atoms with E-state index in [1.807, 2.05) is 0 Å². The summed E-state index contributed by atoms with van der Waals surface area (Å²) in [7, 11) is 3.10. The first kappa shape index (κ1) is 16.9. The van der Waals surface area contributed by atoms with Crippen LogP contribution in [0, 0.1) is 0 Å². The summed E-state index contributed by atoms with van der Waals surface area (Å²) >= 11 is 0. The van der Waals surface area contributed by atoms with Crippen molar-refractivity contribution in [2.45, 2.75) is 12.6 Å². The Balaban J connectivity index is 1.94. The molecule has 0 amide bonds. The molecule has 124 valence electrons. The van der Waals surface area contributed by atoms with Crippen LogP contribution >= 0.6 is 0 Å². The number of aliphatic hydroxyl groups is 1. The molecular formula is C17H21NO5. The highest BCUT2D eigenvalue weighted by Crippen LogP contribution is 2.30. The van der Waals surface area contributed by atoms with Crippen molar-refractivity contribution >= 4 is 0 Å². The van der Waals surface area contributed by atoms with Gasteiger partial charge in [-0.25, -0.2) is 0 Å². The van der Waals surface area contributed by atoms with Crippen molar-refractivity contribution in [2.75, 3.05) is 20.8 Å². The number of phenols is 2. The predicted octanol–water partition coefficient (Wildman–Crippen LogP) is 1.94. The zero-order valence-corrected chi connectivity index (χ0v) is 13.1. The van der Waals surface area contributed by atoms with Gasteiger partial charge in [0.05, 0.1) is 20.3 Å². The highest BCUT2D eigenvalue weighted by molar-refractivity contribution is 5.43. The van der Waals surface area contributed by atoms with Gasteiger partial charge < -0.3 is 30.1 Å². The Morgan fingerprint density at radius 2 is 1.70 bits per heavy atom. The quantitative estimate of drug-likeness (QED) is 0.583. The van der Waals surface area contributed by atoms with E-state index in [9.17, 15) is 15.3 Å². The van der Waals surface area contributed by atoms with Crippen LogP contribution in [0.25, 0.3) is 0 Å². The van der Waals surface area contributed by atoms with Crippen LogP contribution in [0.15, 0.2) is 36.4 Å². The number of aliphatic hydroxyl groups excluding tert-OH is 1. The largest absolute Gasteiger partial charge is 0.504 e. The first-order valence-corrected chi connectivity index (χ1v) is 7.16. The molecule has 0 aromatic heterocycles. The highest BCUT2D eigenvalue weighted by Gasteiger charge is 2.11. The lowest BCUT2D eigenvalue weighted by atomic mass is 10.1. The number of methoxy groups -OCH3 is 2. The molecule has 23 heavy (non-hydrogen) atoms. The van der Waals surface area contributed by atoms with E-state index >= 15 is 0 Å². The summed E-state index contributed by atoms with van der Waals surface area (Å²) in [5.74, 6) is 0.854. The number of hydrogen-bond donors (Lipinski definition) is 4. The van der Waals surface area contributed by atoms with Crippen LogP contribution in [0.4, 0.5) is 0 Å². The average Bonchev–Trinajstić information content (AvgIpc) is 2.57. The van der Waals surface area contributed by atoms with Gasteiger partial charge in [-0.3, -0.25) is 0 Å². The van der Waals surface area contributed by atoms with E-state index in [0.717, 1.165) is 5.56 Å². The molecule has 6 nitrogen and oxygen atoms in total. The molecule has 6 heteroatoms. The second kappa shape index (κ2) is 7.71. The van der Waals surface area contributed by atoms with Crippen molar-refractivity contribution in [3.05, 3.63) is 47.5 Å². The standard InChI is InChI=1S/C17H21NO5/c1-22-16-6-4-12(8-17(16)23-2)15(21)10-18-9-11-3-5-13(19)14(20)7-11/h3-8,15,18-21H,9-10H2,1-2H3. The monoisotopic (exact) mass is 319 g/mol. The van der Waals surface area contributed by atoms with Crippen molar-refractivity contribution in [1.29, 1.82) is 0 Å². The Labute approximate surface area is 134 Å². The predicted molar refractivity (Wildman–Crippen MR) is 86.0 cm³/mol. The van der Waals surface area contributed by atoms with Gasteiger partial charge in [-0.1, -0.05) is 12.1 Å². The SMILES string of the molecule is COc1ccc(C(O)CNCc2ccc(O)c(O)c2)cc1OC. The molecule has 0 aliphatic carbocycles. The van der Waals surface area contributed by atoms with Gasteiger partial charge in [0.2, 0.25) is 0 Å². The molecule has 0 heterocycles. The van der Waals surface area contributed by atoms with E-state index in [0.29, 0.717) is 30.2 Å². The van der Waals surface area contributed by atoms with Crippen LogP contribution in [0.1, 0.15) is 17.2 Å². The molecule has 0 aliphatic heterocycles. The topological polar surface area (TPSA) is 91.2 Å². The summed E-state index contributed by atoms with van der Waals surface area (Å²) in [5.41, 5.74) is 1.52. The van der Waals surface area contributed by atoms with Crippen molar-refractivity contribution in [2.24, 2.45) is 0 Å². The third-order valence-electron chi connectivity index (χ3n) is 3.50. The molecule has 0 aliphatic rings. The normalized spacial score (nSPS) is 12.0. The maximum absolute atomic E-state index is 10.2. The van der Waals surface area contributed by atoms with Crippen LogP contribution in [0.5, 0.6) is 23.0 Å². The summed E-state index contributed by atoms with van der Waals surface area (Å²) in [6, 6.07) is 9.86. The van der Waals surface area contributed by atoms with Gasteiger partial charge in [0, 0.05) is 13.1 Å². The minimum absolute atomic E-state index is 0.154. The van der Waals surface area contributed by atoms with Crippen molar-refractivity contribution < 1.29 is 24.8 Å². The molecule has 0 bridgehead atoms. The molecule has 1 atom stereocenters. The first-order chi connectivity index (χ1) is 11.0. The average molecular weight is 319 g/mol. The molecule has 2 aromatic rings. The van der Waals surface area contributed by atoms with Gasteiger partial charge in [-0.05, 0) is 35.4 Å². The van der Waals surface area contributed by atoms with E-state index in [2.05, 4.69) is 5.32 Å². The maximum atomic E-state index is 10.2. The second-order valence-electron chi connectivity index (χ2n) is 5.08. The highest BCUT2D eigenvalue weighted by atomic mass is 16.5. The van der Waals surface area contributed by atoms with Crippen LogP contribution in [-0.4, -0.2) is 36.1 Å². The molecule has 0 saturated carbocycles. The van der Waals surface area contributed by atoms with Gasteiger partial charge in [0.1, 0.15) is 0 Å². The number of nitrogens with one attached hydrogen (secondary N) is 1. The second-order valence-corrected chi connectivity index (χ2v) is 5.08. The fourth-order valence-electron chi connectivity index (χ4n) is 2.21. The zero-order chi connectivity index (χ0) is 16.8. The molecule has 0 fully saturated rings. The number of ether oxygens (including phenoxy) is 2. The lowest BCUT2D eigenvalue weighted by Crippen LogP contribution is -2.21. The Morgan fingerprint density at radius 1 is 0.957 bits per heavy atom. The third-order valence-corrected chi connectivity index (χ3v) is 3.50. The van der Waals surface area contributed by atoms with Gasteiger partial charge in [0.15, 0.2) is 23.0 Å². The van der Waals surface area contributed by atoms with Crippen molar-refractivity contribution in [3.8, 4) is 23.0 Å². The molecule has 0 saturated heterocycles. The van der Waals surface area contributed by atoms with Crippen LogP contribution in [-0.2, 0) is 6.54 Å². The fourth-order valence-corrected chi connectivity index (χ4v) is 2.21. The summed E-state index contributed by atoms with van der Waals surface area (Å²) in [6.45, 7) is 0.787. The van der Waals surface area contributed by atoms with Crippen molar-refractivity contribution in [1.82, 2.24) is 5.32 Å². The Hall–Kier alpha value is -2.44. The lowest BCUT2D eigenvalue weighted by Gasteiger charge is -2.15.